The highest BCUT2D eigenvalue weighted by Crippen LogP contribution is 1.94. The average molecular weight is 160 g/mol. The van der Waals surface area contributed by atoms with Crippen LogP contribution in [-0.2, 0) is 4.74 Å². The van der Waals surface area contributed by atoms with Gasteiger partial charge in [-0.15, -0.1) is 0 Å². The van der Waals surface area contributed by atoms with E-state index in [4.69, 9.17) is 4.74 Å². The van der Waals surface area contributed by atoms with Gasteiger partial charge in [0.05, 0.1) is 0 Å². The van der Waals surface area contributed by atoms with Gasteiger partial charge in [-0.1, -0.05) is 41.0 Å². The van der Waals surface area contributed by atoms with E-state index in [1.54, 1.807) is 0 Å². The maximum absolute atomic E-state index is 5.34. The minimum absolute atomic E-state index is 0.682. The van der Waals surface area contributed by atoms with Crippen molar-refractivity contribution >= 4 is 0 Å². The molecule has 0 aliphatic carbocycles. The molecule has 0 N–H and O–H groups in total. The Morgan fingerprint density at radius 1 is 1.18 bits per heavy atom. The number of hydrogen-bond donors (Lipinski definition) is 0. The van der Waals surface area contributed by atoms with E-state index in [0.29, 0.717) is 5.92 Å². The van der Waals surface area contributed by atoms with Gasteiger partial charge in [-0.2, -0.15) is 0 Å². The third-order valence-corrected chi connectivity index (χ3v) is 1.09. The zero-order valence-electron chi connectivity index (χ0n) is 8.81. The van der Waals surface area contributed by atoms with Gasteiger partial charge in [0.2, 0.25) is 0 Å². The Morgan fingerprint density at radius 3 is 2.09 bits per heavy atom. The molecule has 0 rings (SSSR count). The monoisotopic (exact) mass is 160 g/mol. The summed E-state index contributed by atoms with van der Waals surface area (Å²) in [6, 6.07) is 0. The molecule has 0 aromatic heterocycles. The van der Waals surface area contributed by atoms with Crippen LogP contribution in [0.15, 0.2) is 0 Å². The maximum atomic E-state index is 5.34. The van der Waals surface area contributed by atoms with Crippen LogP contribution in [0.1, 0.15) is 47.5 Å². The zero-order valence-corrected chi connectivity index (χ0v) is 8.81. The first-order chi connectivity index (χ1) is 5.27. The molecule has 0 amide bonds. The molecule has 0 radical (unpaired) electrons. The van der Waals surface area contributed by atoms with E-state index in [-0.39, 0.29) is 0 Å². The zero-order chi connectivity index (χ0) is 9.11. The van der Waals surface area contributed by atoms with Gasteiger partial charge < -0.3 is 4.74 Å². The first-order valence-electron chi connectivity index (χ1n) is 4.85. The van der Waals surface area contributed by atoms with E-state index >= 15 is 0 Å². The molecule has 0 heterocycles. The lowest BCUT2D eigenvalue weighted by atomic mass is 10.2. The van der Waals surface area contributed by atoms with Crippen molar-refractivity contribution in [1.29, 1.82) is 0 Å². The number of rotatable bonds is 5. The molecule has 11 heavy (non-hydrogen) atoms. The fourth-order valence-corrected chi connectivity index (χ4v) is 0.565. The summed E-state index contributed by atoms with van der Waals surface area (Å²) in [5, 5.41) is 0. The molecule has 70 valence electrons. The lowest BCUT2D eigenvalue weighted by Crippen LogP contribution is -2.02. The van der Waals surface area contributed by atoms with E-state index < -0.39 is 0 Å². The van der Waals surface area contributed by atoms with Gasteiger partial charge in [0.1, 0.15) is 0 Å². The molecule has 0 aliphatic rings. The van der Waals surface area contributed by atoms with Crippen LogP contribution in [0, 0.1) is 5.92 Å². The maximum Gasteiger partial charge on any atom is 0.0488 e. The Labute approximate surface area is 72.1 Å². The van der Waals surface area contributed by atoms with Crippen LogP contribution < -0.4 is 0 Å². The van der Waals surface area contributed by atoms with Crippen LogP contribution in [0.2, 0.25) is 0 Å². The summed E-state index contributed by atoms with van der Waals surface area (Å²) in [6.45, 7) is 12.4. The van der Waals surface area contributed by atoms with Gasteiger partial charge >= 0.3 is 0 Å². The first-order valence-corrected chi connectivity index (χ1v) is 4.85. The summed E-state index contributed by atoms with van der Waals surface area (Å²) in [7, 11) is 0. The van der Waals surface area contributed by atoms with Crippen molar-refractivity contribution in [1.82, 2.24) is 0 Å². The minimum atomic E-state index is 0.682. The largest absolute Gasteiger partial charge is 0.381 e. The Morgan fingerprint density at radius 2 is 1.73 bits per heavy atom. The predicted molar refractivity (Wildman–Crippen MR) is 51.9 cm³/mol. The molecule has 0 saturated carbocycles. The molecule has 0 atom stereocenters. The molecule has 0 spiro atoms. The van der Waals surface area contributed by atoms with Crippen molar-refractivity contribution in [3.05, 3.63) is 0 Å². The van der Waals surface area contributed by atoms with Crippen LogP contribution in [0.3, 0.4) is 0 Å². The Hall–Kier alpha value is -0.0400. The SMILES string of the molecule is CC.CCCCOCC(C)C. The lowest BCUT2D eigenvalue weighted by molar-refractivity contribution is 0.107. The molecular formula is C10H24O. The minimum Gasteiger partial charge on any atom is -0.381 e. The van der Waals surface area contributed by atoms with Crippen molar-refractivity contribution < 1.29 is 4.74 Å². The number of unbranched alkanes of at least 4 members (excludes halogenated alkanes) is 1. The van der Waals surface area contributed by atoms with E-state index in [0.717, 1.165) is 13.2 Å². The number of ether oxygens (including phenoxy) is 1. The second kappa shape index (κ2) is 12.6. The van der Waals surface area contributed by atoms with E-state index in [2.05, 4.69) is 20.8 Å². The van der Waals surface area contributed by atoms with Crippen molar-refractivity contribution in [2.45, 2.75) is 47.5 Å². The molecule has 0 bridgehead atoms. The molecule has 1 heteroatoms. The van der Waals surface area contributed by atoms with Crippen LogP contribution >= 0.6 is 0 Å². The second-order valence-electron chi connectivity index (χ2n) is 2.82. The Balaban J connectivity index is 0. The fourth-order valence-electron chi connectivity index (χ4n) is 0.565. The molecule has 0 aromatic rings. The summed E-state index contributed by atoms with van der Waals surface area (Å²) < 4.78 is 5.34. The molecule has 0 saturated heterocycles. The Kier molecular flexibility index (Phi) is 15.5. The van der Waals surface area contributed by atoms with Gasteiger partial charge in [0, 0.05) is 13.2 Å². The van der Waals surface area contributed by atoms with Crippen molar-refractivity contribution in [3.8, 4) is 0 Å². The second-order valence-corrected chi connectivity index (χ2v) is 2.82. The van der Waals surface area contributed by atoms with Crippen molar-refractivity contribution in [2.75, 3.05) is 13.2 Å². The molecule has 0 aliphatic heterocycles. The number of hydrogen-bond acceptors (Lipinski definition) is 1. The standard InChI is InChI=1S/C8H18O.C2H6/c1-4-5-6-9-7-8(2)3;1-2/h8H,4-7H2,1-3H3;1-2H3. The van der Waals surface area contributed by atoms with Crippen LogP contribution in [0.5, 0.6) is 0 Å². The predicted octanol–water partition coefficient (Wildman–Crippen LogP) is 3.49. The van der Waals surface area contributed by atoms with Gasteiger partial charge in [-0.05, 0) is 12.3 Å². The lowest BCUT2D eigenvalue weighted by Gasteiger charge is -2.04. The van der Waals surface area contributed by atoms with E-state index in [1.807, 2.05) is 13.8 Å². The Bertz CT molecular complexity index is 50.8. The van der Waals surface area contributed by atoms with Gasteiger partial charge in [0.25, 0.3) is 0 Å². The summed E-state index contributed by atoms with van der Waals surface area (Å²) >= 11 is 0. The summed E-state index contributed by atoms with van der Waals surface area (Å²) in [6.07, 6.45) is 2.44. The first kappa shape index (κ1) is 13.5. The third-order valence-electron chi connectivity index (χ3n) is 1.09. The third kappa shape index (κ3) is 17.8. The highest BCUT2D eigenvalue weighted by molar-refractivity contribution is 4.39. The molecule has 1 nitrogen and oxygen atoms in total. The summed E-state index contributed by atoms with van der Waals surface area (Å²) in [5.74, 6) is 0.682. The normalized spacial score (nSPS) is 9.27. The topological polar surface area (TPSA) is 9.23 Å². The van der Waals surface area contributed by atoms with E-state index in [9.17, 15) is 0 Å². The van der Waals surface area contributed by atoms with Crippen LogP contribution in [-0.4, -0.2) is 13.2 Å². The van der Waals surface area contributed by atoms with Crippen LogP contribution in [0.4, 0.5) is 0 Å². The van der Waals surface area contributed by atoms with Gasteiger partial charge in [-0.3, -0.25) is 0 Å². The molecule has 0 unspecified atom stereocenters. The molecular weight excluding hydrogens is 136 g/mol. The van der Waals surface area contributed by atoms with E-state index in [1.165, 1.54) is 12.8 Å². The van der Waals surface area contributed by atoms with Gasteiger partial charge in [-0.25, -0.2) is 0 Å². The average Bonchev–Trinajstić information content (AvgIpc) is 2.02. The summed E-state index contributed by atoms with van der Waals surface area (Å²) in [5.41, 5.74) is 0. The van der Waals surface area contributed by atoms with Crippen molar-refractivity contribution in [2.24, 2.45) is 5.92 Å². The van der Waals surface area contributed by atoms with Crippen LogP contribution in [0.25, 0.3) is 0 Å². The highest BCUT2D eigenvalue weighted by atomic mass is 16.5. The molecule has 0 fully saturated rings. The smallest absolute Gasteiger partial charge is 0.0488 e. The van der Waals surface area contributed by atoms with Gasteiger partial charge in [0.15, 0.2) is 0 Å². The highest BCUT2D eigenvalue weighted by Gasteiger charge is 1.91. The summed E-state index contributed by atoms with van der Waals surface area (Å²) in [4.78, 5) is 0. The molecule has 0 aromatic carbocycles. The van der Waals surface area contributed by atoms with Crippen molar-refractivity contribution in [3.63, 3.8) is 0 Å². The quantitative estimate of drug-likeness (QED) is 0.559. The fraction of sp³-hybridized carbons (Fsp3) is 1.00.